The molecule has 0 radical (unpaired) electrons. The molecule has 0 heterocycles. The van der Waals surface area contributed by atoms with Crippen molar-refractivity contribution in [2.75, 3.05) is 13.7 Å². The van der Waals surface area contributed by atoms with Gasteiger partial charge in [-0.15, -0.1) is 0 Å². The Bertz CT molecular complexity index is 1450. The van der Waals surface area contributed by atoms with Gasteiger partial charge in [0, 0.05) is 9.13 Å². The molecule has 10 nitrogen and oxygen atoms in total. The molecule has 0 aliphatic heterocycles. The maximum atomic E-state index is 13.1. The first kappa shape index (κ1) is 31.5. The first-order valence-corrected chi connectivity index (χ1v) is 13.9. The van der Waals surface area contributed by atoms with Gasteiger partial charge in [-0.25, -0.2) is 4.79 Å². The third kappa shape index (κ3) is 8.74. The second-order valence-corrected chi connectivity index (χ2v) is 10.9. The van der Waals surface area contributed by atoms with Gasteiger partial charge in [0.15, 0.2) is 12.4 Å². The third-order valence-electron chi connectivity index (χ3n) is 6.30. The number of hydrogen-bond donors (Lipinski definition) is 3. The fourth-order valence-electron chi connectivity index (χ4n) is 4.22. The number of aliphatic carboxylic acids is 1. The monoisotopic (exact) mass is 674 g/mol. The van der Waals surface area contributed by atoms with E-state index < -0.39 is 54.6 Å². The van der Waals surface area contributed by atoms with E-state index in [4.69, 9.17) is 9.47 Å². The largest absolute Gasteiger partial charge is 0.496 e. The fraction of sp³-hybridized carbons (Fsp3) is 0.300. The molecule has 2 unspecified atom stereocenters. The van der Waals surface area contributed by atoms with E-state index in [9.17, 15) is 29.1 Å². The smallest absolute Gasteiger partial charge is 0.339 e. The van der Waals surface area contributed by atoms with Crippen LogP contribution in [0.25, 0.3) is 10.8 Å². The van der Waals surface area contributed by atoms with Crippen LogP contribution in [0.15, 0.2) is 60.7 Å². The van der Waals surface area contributed by atoms with Crippen LogP contribution in [0.2, 0.25) is 0 Å². The Morgan fingerprint density at radius 3 is 2.34 bits per heavy atom. The summed E-state index contributed by atoms with van der Waals surface area (Å²) in [5.41, 5.74) is 0.883. The molecule has 3 N–H and O–H groups in total. The van der Waals surface area contributed by atoms with Crippen molar-refractivity contribution in [3.63, 3.8) is 0 Å². The maximum absolute atomic E-state index is 13.1. The predicted octanol–water partition coefficient (Wildman–Crippen LogP) is 3.52. The number of halogens is 1. The zero-order valence-electron chi connectivity index (χ0n) is 22.8. The molecule has 0 aliphatic carbocycles. The van der Waals surface area contributed by atoms with Crippen molar-refractivity contribution >= 4 is 62.9 Å². The highest BCUT2D eigenvalue weighted by Crippen LogP contribution is 2.22. The maximum Gasteiger partial charge on any atom is 0.339 e. The summed E-state index contributed by atoms with van der Waals surface area (Å²) in [7, 11) is 1.49. The molecule has 2 amide bonds. The van der Waals surface area contributed by atoms with E-state index in [1.54, 1.807) is 50.2 Å². The SMILES string of the molecule is COc1ccc(I)cc1CC(=O)NC(C(=O)NC(CC(=O)O)C(=O)COC(=O)c1cccc2ccccc12)C(C)C. The van der Waals surface area contributed by atoms with Gasteiger partial charge in [-0.1, -0.05) is 50.2 Å². The number of benzene rings is 3. The number of fused-ring (bicyclic) bond motifs is 1. The second-order valence-electron chi connectivity index (χ2n) is 9.65. The number of rotatable bonds is 13. The van der Waals surface area contributed by atoms with E-state index in [0.29, 0.717) is 16.7 Å². The third-order valence-corrected chi connectivity index (χ3v) is 6.97. The van der Waals surface area contributed by atoms with Crippen LogP contribution in [-0.2, 0) is 30.3 Å². The van der Waals surface area contributed by atoms with Gasteiger partial charge in [-0.3, -0.25) is 19.2 Å². The lowest BCUT2D eigenvalue weighted by atomic mass is 10.0. The molecular weight excluding hydrogens is 643 g/mol. The van der Waals surface area contributed by atoms with Crippen LogP contribution in [0.3, 0.4) is 0 Å². The Morgan fingerprint density at radius 1 is 0.951 bits per heavy atom. The van der Waals surface area contributed by atoms with Crippen LogP contribution >= 0.6 is 22.6 Å². The average molecular weight is 674 g/mol. The molecule has 0 saturated heterocycles. The summed E-state index contributed by atoms with van der Waals surface area (Å²) in [6.07, 6.45) is -0.785. The fourth-order valence-corrected chi connectivity index (χ4v) is 4.77. The predicted molar refractivity (Wildman–Crippen MR) is 160 cm³/mol. The van der Waals surface area contributed by atoms with Gasteiger partial charge in [0.05, 0.1) is 25.5 Å². The number of carboxylic acids is 1. The number of hydrogen-bond acceptors (Lipinski definition) is 7. The Balaban J connectivity index is 1.67. The standard InChI is InChI=1S/C30H31IN2O8/c1-17(2)28(33-26(35)14-19-13-20(31)11-12-25(19)40-3)29(38)32-23(15-27(36)37)24(34)16-41-30(39)22-10-6-8-18-7-4-5-9-21(18)22/h4-13,17,23,28H,14-16H2,1-3H3,(H,32,38)(H,33,35)(H,36,37). The molecule has 3 aromatic rings. The van der Waals surface area contributed by atoms with Crippen molar-refractivity contribution in [2.24, 2.45) is 5.92 Å². The van der Waals surface area contributed by atoms with Crippen LogP contribution in [0.4, 0.5) is 0 Å². The topological polar surface area (TPSA) is 148 Å². The molecule has 3 aromatic carbocycles. The van der Waals surface area contributed by atoms with Crippen LogP contribution in [0.5, 0.6) is 5.75 Å². The zero-order chi connectivity index (χ0) is 30.1. The van der Waals surface area contributed by atoms with Crippen LogP contribution in [0.1, 0.15) is 36.2 Å². The minimum absolute atomic E-state index is 0.0574. The number of methoxy groups -OCH3 is 1. The van der Waals surface area contributed by atoms with Gasteiger partial charge >= 0.3 is 11.9 Å². The van der Waals surface area contributed by atoms with Crippen LogP contribution < -0.4 is 15.4 Å². The summed E-state index contributed by atoms with van der Waals surface area (Å²) in [5, 5.41) is 15.9. The summed E-state index contributed by atoms with van der Waals surface area (Å²) >= 11 is 2.12. The molecule has 0 spiro atoms. The Kier molecular flexibility index (Phi) is 11.2. The van der Waals surface area contributed by atoms with Crippen LogP contribution in [0, 0.1) is 9.49 Å². The summed E-state index contributed by atoms with van der Waals surface area (Å²) in [6, 6.07) is 15.1. The van der Waals surface area contributed by atoms with Gasteiger partial charge < -0.3 is 25.2 Å². The van der Waals surface area contributed by atoms with E-state index in [1.165, 1.54) is 7.11 Å². The number of carbonyl (C=O) groups excluding carboxylic acids is 4. The van der Waals surface area contributed by atoms with Crippen molar-refractivity contribution in [3.8, 4) is 5.75 Å². The lowest BCUT2D eigenvalue weighted by molar-refractivity contribution is -0.141. The van der Waals surface area contributed by atoms with E-state index >= 15 is 0 Å². The molecule has 11 heteroatoms. The van der Waals surface area contributed by atoms with E-state index in [0.717, 1.165) is 8.96 Å². The van der Waals surface area contributed by atoms with Crippen molar-refractivity contribution in [1.29, 1.82) is 0 Å². The minimum atomic E-state index is -1.48. The molecule has 41 heavy (non-hydrogen) atoms. The molecule has 0 saturated carbocycles. The van der Waals surface area contributed by atoms with Crippen molar-refractivity contribution in [3.05, 3.63) is 75.4 Å². The summed E-state index contributed by atoms with van der Waals surface area (Å²) in [4.78, 5) is 63.1. The Morgan fingerprint density at radius 2 is 1.66 bits per heavy atom. The van der Waals surface area contributed by atoms with Crippen molar-refractivity contribution in [1.82, 2.24) is 10.6 Å². The first-order chi connectivity index (χ1) is 19.5. The number of carboxylic acid groups (broad SMARTS) is 1. The van der Waals surface area contributed by atoms with Gasteiger partial charge in [0.2, 0.25) is 11.8 Å². The highest BCUT2D eigenvalue weighted by molar-refractivity contribution is 14.1. The molecule has 2 atom stereocenters. The highest BCUT2D eigenvalue weighted by Gasteiger charge is 2.31. The lowest BCUT2D eigenvalue weighted by Gasteiger charge is -2.24. The summed E-state index contributed by atoms with van der Waals surface area (Å²) < 4.78 is 11.4. The van der Waals surface area contributed by atoms with E-state index in [-0.39, 0.29) is 17.9 Å². The van der Waals surface area contributed by atoms with E-state index in [2.05, 4.69) is 33.2 Å². The molecule has 3 rings (SSSR count). The number of ether oxygens (including phenoxy) is 2. The average Bonchev–Trinajstić information content (AvgIpc) is 2.93. The molecular formula is C30H31IN2O8. The van der Waals surface area contributed by atoms with E-state index in [1.807, 2.05) is 24.3 Å². The molecule has 0 aromatic heterocycles. The number of amides is 2. The highest BCUT2D eigenvalue weighted by atomic mass is 127. The number of carbonyl (C=O) groups is 5. The van der Waals surface area contributed by atoms with Crippen molar-refractivity contribution in [2.45, 2.75) is 38.8 Å². The first-order valence-electron chi connectivity index (χ1n) is 12.8. The van der Waals surface area contributed by atoms with Gasteiger partial charge in [0.25, 0.3) is 0 Å². The zero-order valence-corrected chi connectivity index (χ0v) is 25.0. The molecule has 0 fully saturated rings. The molecule has 0 bridgehead atoms. The number of nitrogens with one attached hydrogen (secondary N) is 2. The van der Waals surface area contributed by atoms with Crippen molar-refractivity contribution < 1.29 is 38.6 Å². The number of esters is 1. The molecule has 0 aliphatic rings. The normalized spacial score (nSPS) is 12.3. The van der Waals surface area contributed by atoms with Gasteiger partial charge in [-0.05, 0) is 63.5 Å². The Hall–Kier alpha value is -4.00. The lowest BCUT2D eigenvalue weighted by Crippen LogP contribution is -2.54. The van der Waals surface area contributed by atoms with Crippen LogP contribution in [-0.4, -0.2) is 60.4 Å². The molecule has 216 valence electrons. The number of ketones is 1. The summed E-state index contributed by atoms with van der Waals surface area (Å²) in [6.45, 7) is 2.67. The number of Topliss-reactive ketones (excluding diaryl/α,β-unsaturated/α-hetero) is 1. The Labute approximate surface area is 250 Å². The minimum Gasteiger partial charge on any atom is -0.496 e. The summed E-state index contributed by atoms with van der Waals surface area (Å²) in [5.74, 6) is -3.94. The quantitative estimate of drug-likeness (QED) is 0.184. The van der Waals surface area contributed by atoms with Gasteiger partial charge in [0.1, 0.15) is 17.8 Å². The second kappa shape index (κ2) is 14.6. The van der Waals surface area contributed by atoms with Gasteiger partial charge in [-0.2, -0.15) is 0 Å².